The van der Waals surface area contributed by atoms with Crippen LogP contribution in [0.2, 0.25) is 0 Å². The Hall–Kier alpha value is -6.85. The van der Waals surface area contributed by atoms with E-state index in [4.69, 9.17) is 15.0 Å². The number of anilines is 3. The molecule has 252 valence electrons. The van der Waals surface area contributed by atoms with E-state index in [1.54, 1.807) is 0 Å². The Morgan fingerprint density at radius 3 is 1.60 bits per heavy atom. The summed E-state index contributed by atoms with van der Waals surface area (Å²) in [6, 6.07) is 61.7. The lowest BCUT2D eigenvalue weighted by atomic mass is 9.81. The number of fused-ring (bicyclic) bond motifs is 7. The number of benzene rings is 7. The number of hydrogen-bond donors (Lipinski definition) is 0. The van der Waals surface area contributed by atoms with Crippen molar-refractivity contribution in [2.24, 2.45) is 0 Å². The molecule has 1 aliphatic carbocycles. The van der Waals surface area contributed by atoms with Crippen LogP contribution in [0.5, 0.6) is 0 Å². The van der Waals surface area contributed by atoms with Gasteiger partial charge in [0, 0.05) is 44.4 Å². The Balaban J connectivity index is 1.22. The quantitative estimate of drug-likeness (QED) is 0.175. The predicted molar refractivity (Wildman–Crippen MR) is 217 cm³/mol. The molecule has 53 heavy (non-hydrogen) atoms. The fraction of sp³-hybridized carbons (Fsp3) is 0.0625. The van der Waals surface area contributed by atoms with Gasteiger partial charge in [0.15, 0.2) is 11.6 Å². The third-order valence-electron chi connectivity index (χ3n) is 10.6. The average Bonchev–Trinajstić information content (AvgIpc) is 3.67. The zero-order chi connectivity index (χ0) is 35.5. The molecule has 0 spiro atoms. The van der Waals surface area contributed by atoms with Gasteiger partial charge in [0.05, 0.1) is 11.0 Å². The maximum atomic E-state index is 5.23. The molecule has 2 aromatic heterocycles. The molecule has 1 aliphatic rings. The van der Waals surface area contributed by atoms with Crippen LogP contribution in [0.4, 0.5) is 17.1 Å². The minimum absolute atomic E-state index is 0.344. The van der Waals surface area contributed by atoms with Gasteiger partial charge in [-0.3, -0.25) is 4.57 Å². The van der Waals surface area contributed by atoms with Crippen LogP contribution in [-0.2, 0) is 5.41 Å². The molecule has 0 fully saturated rings. The fourth-order valence-electron chi connectivity index (χ4n) is 8.18. The van der Waals surface area contributed by atoms with Crippen molar-refractivity contribution >= 4 is 38.9 Å². The Morgan fingerprint density at radius 1 is 0.472 bits per heavy atom. The van der Waals surface area contributed by atoms with Crippen molar-refractivity contribution in [3.63, 3.8) is 0 Å². The SMILES string of the molecule is CC1(C)c2cc(N(c3ccccc3)c3ccccc3)ccc2-c2ccc3c4ccccc4n(-c4nc(-c5ccccc5)nc(-c5ccccc5)n4)c3c21. The molecule has 0 amide bonds. The minimum atomic E-state index is -0.344. The third kappa shape index (κ3) is 4.96. The lowest BCUT2D eigenvalue weighted by molar-refractivity contribution is 0.663. The summed E-state index contributed by atoms with van der Waals surface area (Å²) < 4.78 is 2.28. The molecule has 5 nitrogen and oxygen atoms in total. The second-order valence-electron chi connectivity index (χ2n) is 14.1. The average molecular weight is 682 g/mol. The summed E-state index contributed by atoms with van der Waals surface area (Å²) in [4.78, 5) is 17.8. The first-order valence-corrected chi connectivity index (χ1v) is 18.1. The van der Waals surface area contributed by atoms with Gasteiger partial charge in [-0.15, -0.1) is 0 Å². The van der Waals surface area contributed by atoms with Crippen LogP contribution in [0.25, 0.3) is 61.7 Å². The highest BCUT2D eigenvalue weighted by Crippen LogP contribution is 2.54. The monoisotopic (exact) mass is 681 g/mol. The minimum Gasteiger partial charge on any atom is -0.310 e. The molecule has 0 saturated carbocycles. The lowest BCUT2D eigenvalue weighted by Crippen LogP contribution is -2.18. The Morgan fingerprint density at radius 2 is 1.00 bits per heavy atom. The highest BCUT2D eigenvalue weighted by molar-refractivity contribution is 6.13. The zero-order valence-electron chi connectivity index (χ0n) is 29.5. The van der Waals surface area contributed by atoms with Gasteiger partial charge in [-0.05, 0) is 64.7 Å². The van der Waals surface area contributed by atoms with Crippen LogP contribution in [0.15, 0.2) is 176 Å². The van der Waals surface area contributed by atoms with Crippen LogP contribution in [0.3, 0.4) is 0 Å². The van der Waals surface area contributed by atoms with Crippen molar-refractivity contribution in [2.45, 2.75) is 19.3 Å². The van der Waals surface area contributed by atoms with Gasteiger partial charge < -0.3 is 4.90 Å². The van der Waals surface area contributed by atoms with E-state index >= 15 is 0 Å². The van der Waals surface area contributed by atoms with E-state index in [9.17, 15) is 0 Å². The number of hydrogen-bond acceptors (Lipinski definition) is 4. The standard InChI is InChI=1S/C48H35N5/c1-48(2)41-31-36(52(34-21-11-5-12-22-34)35-23-13-6-14-24-35)27-28-37(41)39-29-30-40-38-25-15-16-26-42(38)53(44(40)43(39)48)47-50-45(32-17-7-3-8-18-32)49-46(51-47)33-19-9-4-10-20-33/h3-31H,1-2H3. The topological polar surface area (TPSA) is 46.8 Å². The highest BCUT2D eigenvalue weighted by atomic mass is 15.2. The molecule has 0 radical (unpaired) electrons. The van der Waals surface area contributed by atoms with Crippen LogP contribution in [0.1, 0.15) is 25.0 Å². The summed E-state index contributed by atoms with van der Waals surface area (Å²) in [5, 5.41) is 2.35. The van der Waals surface area contributed by atoms with Crippen molar-refractivity contribution in [1.82, 2.24) is 19.5 Å². The van der Waals surface area contributed by atoms with Crippen molar-refractivity contribution < 1.29 is 0 Å². The molecular weight excluding hydrogens is 647 g/mol. The van der Waals surface area contributed by atoms with Crippen molar-refractivity contribution in [2.75, 3.05) is 4.90 Å². The maximum absolute atomic E-state index is 5.23. The molecule has 0 atom stereocenters. The number of nitrogens with zero attached hydrogens (tertiary/aromatic N) is 5. The summed E-state index contributed by atoms with van der Waals surface area (Å²) in [5.41, 5.74) is 12.1. The highest BCUT2D eigenvalue weighted by Gasteiger charge is 2.39. The molecule has 0 unspecified atom stereocenters. The van der Waals surface area contributed by atoms with Crippen LogP contribution in [0, 0.1) is 0 Å². The normalized spacial score (nSPS) is 12.9. The largest absolute Gasteiger partial charge is 0.310 e. The van der Waals surface area contributed by atoms with Gasteiger partial charge in [0.2, 0.25) is 5.95 Å². The second-order valence-corrected chi connectivity index (χ2v) is 14.1. The van der Waals surface area contributed by atoms with E-state index in [-0.39, 0.29) is 5.41 Å². The molecule has 0 saturated heterocycles. The smallest absolute Gasteiger partial charge is 0.238 e. The molecule has 0 N–H and O–H groups in total. The van der Waals surface area contributed by atoms with E-state index < -0.39 is 0 Å². The van der Waals surface area contributed by atoms with Gasteiger partial charge in [-0.1, -0.05) is 147 Å². The van der Waals surface area contributed by atoms with E-state index in [1.807, 2.05) is 36.4 Å². The van der Waals surface area contributed by atoms with Crippen molar-refractivity contribution in [3.8, 4) is 39.9 Å². The summed E-state index contributed by atoms with van der Waals surface area (Å²) in [6.45, 7) is 4.72. The van der Waals surface area contributed by atoms with Crippen LogP contribution >= 0.6 is 0 Å². The first-order chi connectivity index (χ1) is 26.1. The Bertz CT molecular complexity index is 2690. The first kappa shape index (κ1) is 30.9. The molecular formula is C48H35N5. The Kier molecular flexibility index (Phi) is 7.08. The van der Waals surface area contributed by atoms with Gasteiger partial charge >= 0.3 is 0 Å². The van der Waals surface area contributed by atoms with Gasteiger partial charge in [0.1, 0.15) is 0 Å². The van der Waals surface area contributed by atoms with Crippen LogP contribution in [-0.4, -0.2) is 19.5 Å². The van der Waals surface area contributed by atoms with Crippen molar-refractivity contribution in [3.05, 3.63) is 187 Å². The molecule has 9 aromatic rings. The Labute approximate surface area is 308 Å². The van der Waals surface area contributed by atoms with E-state index in [2.05, 4.69) is 163 Å². The third-order valence-corrected chi connectivity index (χ3v) is 10.6. The maximum Gasteiger partial charge on any atom is 0.238 e. The van der Waals surface area contributed by atoms with Gasteiger partial charge in [-0.25, -0.2) is 4.98 Å². The summed E-state index contributed by atoms with van der Waals surface area (Å²) in [6.07, 6.45) is 0. The fourth-order valence-corrected chi connectivity index (χ4v) is 8.18. The number of para-hydroxylation sites is 3. The van der Waals surface area contributed by atoms with Crippen LogP contribution < -0.4 is 4.90 Å². The molecule has 5 heteroatoms. The van der Waals surface area contributed by atoms with E-state index in [0.717, 1.165) is 39.2 Å². The summed E-state index contributed by atoms with van der Waals surface area (Å²) >= 11 is 0. The predicted octanol–water partition coefficient (Wildman–Crippen LogP) is 12.1. The summed E-state index contributed by atoms with van der Waals surface area (Å²) in [7, 11) is 0. The molecule has 2 heterocycles. The summed E-state index contributed by atoms with van der Waals surface area (Å²) in [5.74, 6) is 1.88. The van der Waals surface area contributed by atoms with E-state index in [0.29, 0.717) is 17.6 Å². The second kappa shape index (κ2) is 12.1. The molecule has 0 bridgehead atoms. The first-order valence-electron chi connectivity index (χ1n) is 18.1. The number of rotatable bonds is 6. The van der Waals surface area contributed by atoms with E-state index in [1.165, 1.54) is 33.0 Å². The van der Waals surface area contributed by atoms with Gasteiger partial charge in [0.25, 0.3) is 0 Å². The molecule has 0 aliphatic heterocycles. The van der Waals surface area contributed by atoms with Crippen molar-refractivity contribution in [1.29, 1.82) is 0 Å². The zero-order valence-corrected chi connectivity index (χ0v) is 29.5. The molecule has 10 rings (SSSR count). The van der Waals surface area contributed by atoms with Gasteiger partial charge in [-0.2, -0.15) is 9.97 Å². The number of aromatic nitrogens is 4. The molecule has 7 aromatic carbocycles. The lowest BCUT2D eigenvalue weighted by Gasteiger charge is -2.28.